The Morgan fingerprint density at radius 3 is 2.53 bits per heavy atom. The second-order valence-electron chi connectivity index (χ2n) is 7.15. The van der Waals surface area contributed by atoms with Crippen LogP contribution in [0, 0.1) is 0 Å². The lowest BCUT2D eigenvalue weighted by atomic mass is 9.97. The van der Waals surface area contributed by atoms with E-state index in [4.69, 9.17) is 0 Å². The van der Waals surface area contributed by atoms with Crippen LogP contribution in [0.25, 0.3) is 0 Å². The number of halogens is 5. The molecule has 0 saturated heterocycles. The van der Waals surface area contributed by atoms with Crippen molar-refractivity contribution >= 4 is 61.0 Å². The van der Waals surface area contributed by atoms with E-state index >= 15 is 0 Å². The van der Waals surface area contributed by atoms with E-state index in [9.17, 15) is 18.0 Å². The van der Waals surface area contributed by atoms with Gasteiger partial charge in [-0.25, -0.2) is 4.68 Å². The first-order chi connectivity index (χ1) is 15.2. The van der Waals surface area contributed by atoms with Gasteiger partial charge in [0.25, 0.3) is 5.91 Å². The summed E-state index contributed by atoms with van der Waals surface area (Å²) in [6.45, 7) is 0. The van der Waals surface area contributed by atoms with Crippen molar-refractivity contribution in [2.75, 3.05) is 16.9 Å². The fourth-order valence-electron chi connectivity index (χ4n) is 3.58. The third-order valence-electron chi connectivity index (χ3n) is 5.14. The number of para-hydroxylation sites is 1. The van der Waals surface area contributed by atoms with Gasteiger partial charge in [0.05, 0.1) is 16.2 Å². The van der Waals surface area contributed by atoms with Gasteiger partial charge in [0, 0.05) is 15.8 Å². The summed E-state index contributed by atoms with van der Waals surface area (Å²) in [7, 11) is 0. The molecule has 0 saturated carbocycles. The number of amides is 1. The normalized spacial score (nSPS) is 18.1. The molecule has 168 valence electrons. The van der Waals surface area contributed by atoms with Crippen molar-refractivity contribution in [3.8, 4) is 0 Å². The van der Waals surface area contributed by atoms with Gasteiger partial charge in [-0.1, -0.05) is 40.2 Å². The zero-order chi connectivity index (χ0) is 23.0. The molecule has 2 atom stereocenters. The predicted molar refractivity (Wildman–Crippen MR) is 126 cm³/mol. The molecular formula is C21H17Br2F3N4OS. The van der Waals surface area contributed by atoms with Crippen LogP contribution < -0.4 is 10.6 Å². The lowest BCUT2D eigenvalue weighted by molar-refractivity contribution is -0.173. The highest BCUT2D eigenvalue weighted by atomic mass is 79.9. The summed E-state index contributed by atoms with van der Waals surface area (Å²) in [4.78, 5) is 13.8. The van der Waals surface area contributed by atoms with Gasteiger partial charge in [-0.05, 0) is 52.0 Å². The molecule has 1 aliphatic rings. The van der Waals surface area contributed by atoms with Gasteiger partial charge in [0.1, 0.15) is 5.82 Å². The minimum Gasteiger partial charge on any atom is -0.362 e. The van der Waals surface area contributed by atoms with E-state index in [0.717, 1.165) is 14.1 Å². The SMILES string of the molecule is CSc1ccccc1NC(=O)c1nn2c(c1Br)NC(c1ccc(Br)cc1)CC2C(F)(F)F. The average molecular weight is 590 g/mol. The summed E-state index contributed by atoms with van der Waals surface area (Å²) >= 11 is 8.10. The monoisotopic (exact) mass is 588 g/mol. The average Bonchev–Trinajstić information content (AvgIpc) is 3.10. The van der Waals surface area contributed by atoms with Gasteiger partial charge in [0.2, 0.25) is 0 Å². The number of rotatable bonds is 4. The zero-order valence-corrected chi connectivity index (χ0v) is 20.6. The molecule has 11 heteroatoms. The molecule has 2 aromatic carbocycles. The summed E-state index contributed by atoms with van der Waals surface area (Å²) in [6, 6.07) is 11.8. The Labute approximate surface area is 203 Å². The van der Waals surface area contributed by atoms with E-state index in [1.807, 2.05) is 18.4 Å². The van der Waals surface area contributed by atoms with Gasteiger partial charge in [-0.3, -0.25) is 4.79 Å². The maximum Gasteiger partial charge on any atom is 0.410 e. The summed E-state index contributed by atoms with van der Waals surface area (Å²) in [6.07, 6.45) is -2.91. The largest absolute Gasteiger partial charge is 0.410 e. The van der Waals surface area contributed by atoms with E-state index in [2.05, 4.69) is 47.6 Å². The molecule has 32 heavy (non-hydrogen) atoms. The quantitative estimate of drug-likeness (QED) is 0.320. The summed E-state index contributed by atoms with van der Waals surface area (Å²) in [5, 5.41) is 9.92. The number of anilines is 2. The molecule has 0 radical (unpaired) electrons. The van der Waals surface area contributed by atoms with Crippen LogP contribution in [0.3, 0.4) is 0 Å². The second-order valence-corrected chi connectivity index (χ2v) is 9.71. The van der Waals surface area contributed by atoms with E-state index in [-0.39, 0.29) is 22.4 Å². The second kappa shape index (κ2) is 9.11. The van der Waals surface area contributed by atoms with Crippen LogP contribution in [0.2, 0.25) is 0 Å². The van der Waals surface area contributed by atoms with Crippen molar-refractivity contribution in [2.45, 2.75) is 29.6 Å². The number of fused-ring (bicyclic) bond motifs is 1. The molecule has 1 aliphatic heterocycles. The molecule has 0 spiro atoms. The topological polar surface area (TPSA) is 59.0 Å². The summed E-state index contributed by atoms with van der Waals surface area (Å²) < 4.78 is 43.7. The predicted octanol–water partition coefficient (Wildman–Crippen LogP) is 7.04. The molecule has 5 nitrogen and oxygen atoms in total. The lowest BCUT2D eigenvalue weighted by Gasteiger charge is -2.33. The van der Waals surface area contributed by atoms with Crippen molar-refractivity contribution in [3.63, 3.8) is 0 Å². The van der Waals surface area contributed by atoms with Crippen molar-refractivity contribution in [2.24, 2.45) is 0 Å². The Bertz CT molecular complexity index is 1150. The van der Waals surface area contributed by atoms with Crippen molar-refractivity contribution < 1.29 is 18.0 Å². The lowest BCUT2D eigenvalue weighted by Crippen LogP contribution is -2.35. The van der Waals surface area contributed by atoms with Crippen LogP contribution in [-0.2, 0) is 0 Å². The molecule has 1 amide bonds. The minimum absolute atomic E-state index is 0.117. The van der Waals surface area contributed by atoms with Crippen molar-refractivity contribution in [1.29, 1.82) is 0 Å². The Hall–Kier alpha value is -1.98. The van der Waals surface area contributed by atoms with Crippen LogP contribution in [0.4, 0.5) is 24.7 Å². The number of nitrogens with zero attached hydrogens (tertiary/aromatic N) is 2. The first-order valence-electron chi connectivity index (χ1n) is 9.50. The molecule has 2 unspecified atom stereocenters. The van der Waals surface area contributed by atoms with E-state index < -0.39 is 24.2 Å². The fraction of sp³-hybridized carbons (Fsp3) is 0.238. The highest BCUT2D eigenvalue weighted by Gasteiger charge is 2.47. The molecule has 0 aliphatic carbocycles. The Morgan fingerprint density at radius 1 is 1.19 bits per heavy atom. The molecular weight excluding hydrogens is 573 g/mol. The zero-order valence-electron chi connectivity index (χ0n) is 16.6. The molecule has 1 aromatic heterocycles. The third kappa shape index (κ3) is 4.55. The van der Waals surface area contributed by atoms with Crippen LogP contribution in [0.15, 0.2) is 62.4 Å². The molecule has 0 bridgehead atoms. The molecule has 0 fully saturated rings. The molecule has 2 heterocycles. The van der Waals surface area contributed by atoms with Gasteiger partial charge >= 0.3 is 6.18 Å². The maximum absolute atomic E-state index is 13.9. The van der Waals surface area contributed by atoms with Gasteiger partial charge < -0.3 is 10.6 Å². The van der Waals surface area contributed by atoms with Gasteiger partial charge in [-0.2, -0.15) is 18.3 Å². The number of alkyl halides is 3. The van der Waals surface area contributed by atoms with Crippen LogP contribution in [0.1, 0.15) is 34.6 Å². The summed E-state index contributed by atoms with van der Waals surface area (Å²) in [5.74, 6) is -0.474. The smallest absolute Gasteiger partial charge is 0.362 e. The van der Waals surface area contributed by atoms with Crippen LogP contribution in [0.5, 0.6) is 0 Å². The number of carbonyl (C=O) groups is 1. The molecule has 4 rings (SSSR count). The Morgan fingerprint density at radius 2 is 1.88 bits per heavy atom. The Balaban J connectivity index is 1.70. The highest BCUT2D eigenvalue weighted by Crippen LogP contribution is 2.46. The first kappa shape index (κ1) is 23.2. The number of aromatic nitrogens is 2. The minimum atomic E-state index is -4.53. The number of benzene rings is 2. The maximum atomic E-state index is 13.9. The Kier molecular flexibility index (Phi) is 6.60. The van der Waals surface area contributed by atoms with E-state index in [1.54, 1.807) is 36.4 Å². The van der Waals surface area contributed by atoms with Gasteiger partial charge in [-0.15, -0.1) is 11.8 Å². The molecule has 2 N–H and O–H groups in total. The third-order valence-corrected chi connectivity index (χ3v) is 7.21. The number of thioether (sulfide) groups is 1. The highest BCUT2D eigenvalue weighted by molar-refractivity contribution is 9.11. The van der Waals surface area contributed by atoms with Crippen LogP contribution in [-0.4, -0.2) is 28.1 Å². The number of hydrogen-bond acceptors (Lipinski definition) is 4. The summed E-state index contributed by atoms with van der Waals surface area (Å²) in [5.41, 5.74) is 1.16. The number of hydrogen-bond donors (Lipinski definition) is 2. The van der Waals surface area contributed by atoms with Crippen molar-refractivity contribution in [3.05, 3.63) is 68.7 Å². The standard InChI is InChI=1S/C21H17Br2F3N4OS/c1-32-15-5-3-2-4-13(15)28-20(31)18-17(23)19-27-14(11-6-8-12(22)9-7-11)10-16(21(24,25)26)30(19)29-18/h2-9,14,16,27H,10H2,1H3,(H,28,31). The fourth-order valence-corrected chi connectivity index (χ4v) is 4.95. The van der Waals surface area contributed by atoms with Crippen LogP contribution >= 0.6 is 43.6 Å². The number of carbonyl (C=O) groups excluding carboxylic acids is 1. The van der Waals surface area contributed by atoms with E-state index in [0.29, 0.717) is 11.3 Å². The van der Waals surface area contributed by atoms with E-state index in [1.165, 1.54) is 11.8 Å². The van der Waals surface area contributed by atoms with Gasteiger partial charge in [0.15, 0.2) is 11.7 Å². The molecule has 3 aromatic rings. The first-order valence-corrected chi connectivity index (χ1v) is 12.3. The number of nitrogens with one attached hydrogen (secondary N) is 2. The van der Waals surface area contributed by atoms with Crippen molar-refractivity contribution in [1.82, 2.24) is 9.78 Å².